The Kier molecular flexibility index (Phi) is 6.72. The lowest BCUT2D eigenvalue weighted by molar-refractivity contribution is -0.170. The van der Waals surface area contributed by atoms with Crippen molar-refractivity contribution in [3.8, 4) is 16.9 Å². The summed E-state index contributed by atoms with van der Waals surface area (Å²) in [7, 11) is 2.97. The van der Waals surface area contributed by atoms with Gasteiger partial charge in [-0.25, -0.2) is 10.0 Å². The first-order valence-electron chi connectivity index (χ1n) is 10.9. The molecule has 1 N–H and O–H groups in total. The molecule has 4 rings (SSSR count). The van der Waals surface area contributed by atoms with Gasteiger partial charge in [-0.15, -0.1) is 0 Å². The largest absolute Gasteiger partial charge is 0.490 e. The molecule has 2 aromatic rings. The van der Waals surface area contributed by atoms with E-state index < -0.39 is 0 Å². The molecule has 32 heavy (non-hydrogen) atoms. The van der Waals surface area contributed by atoms with Crippen LogP contribution in [0.25, 0.3) is 11.1 Å². The molecule has 1 saturated heterocycles. The van der Waals surface area contributed by atoms with E-state index in [-0.39, 0.29) is 29.8 Å². The van der Waals surface area contributed by atoms with Crippen LogP contribution in [0.3, 0.4) is 0 Å². The molecular weight excluding hydrogens is 410 g/mol. The van der Waals surface area contributed by atoms with Crippen LogP contribution in [0.15, 0.2) is 36.5 Å². The summed E-state index contributed by atoms with van der Waals surface area (Å²) in [5, 5.41) is 4.00. The van der Waals surface area contributed by atoms with Gasteiger partial charge >= 0.3 is 0 Å². The van der Waals surface area contributed by atoms with Crippen molar-refractivity contribution in [2.75, 3.05) is 32.7 Å². The number of hydrogen-bond donors (Lipinski definition) is 1. The molecular formula is C24H29N3O5. The molecule has 1 aromatic heterocycles. The number of hydrogen-bond acceptors (Lipinski definition) is 6. The quantitative estimate of drug-likeness (QED) is 0.667. The first-order valence-corrected chi connectivity index (χ1v) is 10.9. The third-order valence-corrected chi connectivity index (χ3v) is 6.01. The Bertz CT molecular complexity index is 989. The van der Waals surface area contributed by atoms with Crippen LogP contribution in [0.4, 0.5) is 5.82 Å². The Morgan fingerprint density at radius 2 is 1.88 bits per heavy atom. The minimum absolute atomic E-state index is 0.187. The molecule has 0 spiro atoms. The Morgan fingerprint density at radius 3 is 2.59 bits per heavy atom. The second kappa shape index (κ2) is 9.67. The lowest BCUT2D eigenvalue weighted by Gasteiger charge is -2.24. The monoisotopic (exact) mass is 439 g/mol. The molecule has 0 radical (unpaired) electrons. The summed E-state index contributed by atoms with van der Waals surface area (Å²) in [5.41, 5.74) is 3.01. The van der Waals surface area contributed by atoms with Gasteiger partial charge in [-0.2, -0.15) is 0 Å². The number of nitrogens with one attached hydrogen (secondary N) is 1. The molecule has 2 heterocycles. The van der Waals surface area contributed by atoms with Gasteiger partial charge in [-0.05, 0) is 54.3 Å². The fourth-order valence-corrected chi connectivity index (χ4v) is 3.91. The van der Waals surface area contributed by atoms with Crippen molar-refractivity contribution < 1.29 is 23.9 Å². The number of carbonyl (C=O) groups is 2. The number of aryl methyl sites for hydroxylation is 1. The van der Waals surface area contributed by atoms with Crippen molar-refractivity contribution in [1.82, 2.24) is 10.0 Å². The Hall–Kier alpha value is -2.97. The Labute approximate surface area is 187 Å². The van der Waals surface area contributed by atoms with Crippen LogP contribution in [-0.4, -0.2) is 55.3 Å². The van der Waals surface area contributed by atoms with Crippen molar-refractivity contribution in [1.29, 1.82) is 0 Å². The predicted molar refractivity (Wildman–Crippen MR) is 119 cm³/mol. The van der Waals surface area contributed by atoms with Crippen LogP contribution < -0.4 is 10.1 Å². The van der Waals surface area contributed by atoms with Gasteiger partial charge in [0.05, 0.1) is 32.2 Å². The van der Waals surface area contributed by atoms with E-state index in [1.807, 2.05) is 31.2 Å². The van der Waals surface area contributed by atoms with Crippen LogP contribution in [0.2, 0.25) is 0 Å². The zero-order valence-electron chi connectivity index (χ0n) is 18.7. The lowest BCUT2D eigenvalue weighted by Crippen LogP contribution is -2.29. The highest BCUT2D eigenvalue weighted by molar-refractivity contribution is 5.99. The molecule has 2 atom stereocenters. The summed E-state index contributed by atoms with van der Waals surface area (Å²) in [6.45, 7) is 3.52. The summed E-state index contributed by atoms with van der Waals surface area (Å²) in [6.07, 6.45) is 4.19. The van der Waals surface area contributed by atoms with E-state index in [0.717, 1.165) is 53.6 Å². The van der Waals surface area contributed by atoms with E-state index in [4.69, 9.17) is 14.3 Å². The number of hydroxylamine groups is 2. The molecule has 2 aliphatic rings. The summed E-state index contributed by atoms with van der Waals surface area (Å²) in [4.78, 5) is 33.8. The highest BCUT2D eigenvalue weighted by Gasteiger charge is 2.49. The fraction of sp³-hybridized carbons (Fsp3) is 0.458. The van der Waals surface area contributed by atoms with Gasteiger partial charge in [-0.3, -0.25) is 14.4 Å². The molecule has 1 saturated carbocycles. The third kappa shape index (κ3) is 5.08. The standard InChI is InChI=1S/C24H29N3O5/c1-15-12-16(4-5-21(15)32-18-7-10-31-11-8-18)17-6-9-25-22(13-17)26-23(28)19-14-20(19)24(29)27(2)30-3/h4-6,9,12-13,18-20H,7-8,10-11,14H2,1-3H3,(H,25,26,28)/t19-,20-/m1/s1. The molecule has 8 heteroatoms. The molecule has 2 amide bonds. The van der Waals surface area contributed by atoms with E-state index >= 15 is 0 Å². The average Bonchev–Trinajstić information content (AvgIpc) is 3.61. The van der Waals surface area contributed by atoms with Crippen LogP contribution in [-0.2, 0) is 19.2 Å². The second-order valence-corrected chi connectivity index (χ2v) is 8.30. The number of pyridine rings is 1. The van der Waals surface area contributed by atoms with Crippen LogP contribution in [0.1, 0.15) is 24.8 Å². The van der Waals surface area contributed by atoms with E-state index in [1.165, 1.54) is 7.11 Å². The molecule has 8 nitrogen and oxygen atoms in total. The van der Waals surface area contributed by atoms with Crippen LogP contribution >= 0.6 is 0 Å². The smallest absolute Gasteiger partial charge is 0.249 e. The predicted octanol–water partition coefficient (Wildman–Crippen LogP) is 3.21. The second-order valence-electron chi connectivity index (χ2n) is 8.30. The zero-order chi connectivity index (χ0) is 22.7. The van der Waals surface area contributed by atoms with Gasteiger partial charge in [0, 0.05) is 26.1 Å². The highest BCUT2D eigenvalue weighted by Crippen LogP contribution is 2.40. The van der Waals surface area contributed by atoms with E-state index in [9.17, 15) is 9.59 Å². The van der Waals surface area contributed by atoms with Crippen LogP contribution in [0, 0.1) is 18.8 Å². The van der Waals surface area contributed by atoms with Gasteiger partial charge < -0.3 is 14.8 Å². The number of ether oxygens (including phenoxy) is 2. The van der Waals surface area contributed by atoms with Gasteiger partial charge in [0.15, 0.2) is 0 Å². The van der Waals surface area contributed by atoms with E-state index in [2.05, 4.69) is 16.4 Å². The number of benzene rings is 1. The summed E-state index contributed by atoms with van der Waals surface area (Å²) >= 11 is 0. The lowest BCUT2D eigenvalue weighted by atomic mass is 10.0. The van der Waals surface area contributed by atoms with Crippen LogP contribution in [0.5, 0.6) is 5.75 Å². The van der Waals surface area contributed by atoms with Gasteiger partial charge in [0.1, 0.15) is 17.7 Å². The summed E-state index contributed by atoms with van der Waals surface area (Å²) in [5.74, 6) is 0.268. The molecule has 1 aliphatic carbocycles. The van der Waals surface area contributed by atoms with Gasteiger partial charge in [-0.1, -0.05) is 6.07 Å². The van der Waals surface area contributed by atoms with E-state index in [1.54, 1.807) is 13.2 Å². The van der Waals surface area contributed by atoms with Crippen molar-refractivity contribution >= 4 is 17.6 Å². The number of amides is 2. The maximum absolute atomic E-state index is 12.5. The number of carbonyl (C=O) groups excluding carboxylic acids is 2. The Balaban J connectivity index is 1.40. The first kappa shape index (κ1) is 22.2. The fourth-order valence-electron chi connectivity index (χ4n) is 3.91. The molecule has 170 valence electrons. The van der Waals surface area contributed by atoms with Gasteiger partial charge in [0.25, 0.3) is 0 Å². The molecule has 1 aromatic carbocycles. The maximum Gasteiger partial charge on any atom is 0.249 e. The topological polar surface area (TPSA) is 90.0 Å². The number of rotatable bonds is 7. The third-order valence-electron chi connectivity index (χ3n) is 6.01. The van der Waals surface area contributed by atoms with Crippen molar-refractivity contribution in [2.24, 2.45) is 11.8 Å². The number of nitrogens with zero attached hydrogens (tertiary/aromatic N) is 2. The average molecular weight is 440 g/mol. The maximum atomic E-state index is 12.5. The number of aromatic nitrogens is 1. The zero-order valence-corrected chi connectivity index (χ0v) is 18.7. The van der Waals surface area contributed by atoms with Crippen molar-refractivity contribution in [3.05, 3.63) is 42.1 Å². The highest BCUT2D eigenvalue weighted by atomic mass is 16.7. The summed E-state index contributed by atoms with van der Waals surface area (Å²) in [6, 6.07) is 9.82. The molecule has 1 aliphatic heterocycles. The molecule has 0 unspecified atom stereocenters. The number of anilines is 1. The van der Waals surface area contributed by atoms with Crippen molar-refractivity contribution in [2.45, 2.75) is 32.3 Å². The molecule has 0 bridgehead atoms. The minimum atomic E-state index is -0.352. The minimum Gasteiger partial charge on any atom is -0.490 e. The van der Waals surface area contributed by atoms with Gasteiger partial charge in [0.2, 0.25) is 11.8 Å². The first-order chi connectivity index (χ1) is 15.5. The van der Waals surface area contributed by atoms with Crippen molar-refractivity contribution in [3.63, 3.8) is 0 Å². The summed E-state index contributed by atoms with van der Waals surface area (Å²) < 4.78 is 11.5. The SMILES string of the molecule is CON(C)C(=O)[C@@H]1C[C@H]1C(=O)Nc1cc(-c2ccc(OC3CCOCC3)c(C)c2)ccn1. The normalized spacial score (nSPS) is 20.5. The Morgan fingerprint density at radius 1 is 1.12 bits per heavy atom. The van der Waals surface area contributed by atoms with E-state index in [0.29, 0.717) is 12.2 Å². The molecule has 2 fully saturated rings.